The average Bonchev–Trinajstić information content (AvgIpc) is 2.28. The number of halogens is 2. The van der Waals surface area contributed by atoms with Gasteiger partial charge in [-0.1, -0.05) is 13.0 Å². The van der Waals surface area contributed by atoms with E-state index in [0.717, 1.165) is 18.2 Å². The highest BCUT2D eigenvalue weighted by atomic mass is 19.1. The first-order valence-corrected chi connectivity index (χ1v) is 5.16. The first-order valence-electron chi connectivity index (χ1n) is 5.16. The summed E-state index contributed by atoms with van der Waals surface area (Å²) in [5.41, 5.74) is -0.677. The average molecular weight is 236 g/mol. The van der Waals surface area contributed by atoms with Crippen molar-refractivity contribution < 1.29 is 8.78 Å². The SMILES string of the molecule is CCc1nc(-c2c(F)cccc2F)cc(=O)[nH]1. The maximum Gasteiger partial charge on any atom is 0.251 e. The summed E-state index contributed by atoms with van der Waals surface area (Å²) in [5, 5.41) is 0. The highest BCUT2D eigenvalue weighted by molar-refractivity contribution is 5.60. The number of hydrogen-bond acceptors (Lipinski definition) is 2. The molecular weight excluding hydrogens is 226 g/mol. The molecule has 1 N–H and O–H groups in total. The molecule has 2 rings (SSSR count). The molecule has 0 bridgehead atoms. The zero-order chi connectivity index (χ0) is 12.4. The van der Waals surface area contributed by atoms with E-state index in [-0.39, 0.29) is 11.3 Å². The fourth-order valence-electron chi connectivity index (χ4n) is 1.55. The zero-order valence-corrected chi connectivity index (χ0v) is 9.13. The summed E-state index contributed by atoms with van der Waals surface area (Å²) < 4.78 is 27.0. The van der Waals surface area contributed by atoms with Crippen LogP contribution in [-0.4, -0.2) is 9.97 Å². The summed E-state index contributed by atoms with van der Waals surface area (Å²) in [7, 11) is 0. The van der Waals surface area contributed by atoms with Crippen LogP contribution in [0.25, 0.3) is 11.3 Å². The van der Waals surface area contributed by atoms with Crippen molar-refractivity contribution in [1.29, 1.82) is 0 Å². The topological polar surface area (TPSA) is 45.8 Å². The van der Waals surface area contributed by atoms with E-state index in [1.165, 1.54) is 6.07 Å². The Kier molecular flexibility index (Phi) is 2.99. The highest BCUT2D eigenvalue weighted by Crippen LogP contribution is 2.22. The van der Waals surface area contributed by atoms with Crippen molar-refractivity contribution in [3.8, 4) is 11.3 Å². The molecule has 1 aromatic heterocycles. The van der Waals surface area contributed by atoms with E-state index in [1.807, 2.05) is 0 Å². The Morgan fingerprint density at radius 1 is 1.29 bits per heavy atom. The second kappa shape index (κ2) is 4.45. The third-order valence-electron chi connectivity index (χ3n) is 2.34. The third kappa shape index (κ3) is 2.22. The van der Waals surface area contributed by atoms with Gasteiger partial charge in [0.1, 0.15) is 17.5 Å². The molecule has 0 spiro atoms. The lowest BCUT2D eigenvalue weighted by atomic mass is 10.1. The molecule has 0 aliphatic heterocycles. The Bertz CT molecular complexity index is 587. The monoisotopic (exact) mass is 236 g/mol. The van der Waals surface area contributed by atoms with E-state index in [9.17, 15) is 13.6 Å². The molecule has 0 saturated heterocycles. The van der Waals surface area contributed by atoms with Crippen LogP contribution in [0.3, 0.4) is 0 Å². The normalized spacial score (nSPS) is 10.5. The number of rotatable bonds is 2. The molecule has 3 nitrogen and oxygen atoms in total. The molecule has 1 heterocycles. The third-order valence-corrected chi connectivity index (χ3v) is 2.34. The summed E-state index contributed by atoms with van der Waals surface area (Å²) >= 11 is 0. The van der Waals surface area contributed by atoms with Crippen molar-refractivity contribution in [1.82, 2.24) is 9.97 Å². The molecule has 0 aliphatic carbocycles. The van der Waals surface area contributed by atoms with E-state index in [2.05, 4.69) is 9.97 Å². The standard InChI is InChI=1S/C12H10F2N2O/c1-2-10-15-9(6-11(17)16-10)12-7(13)4-3-5-8(12)14/h3-6H,2H2,1H3,(H,15,16,17). The number of aromatic nitrogens is 2. The van der Waals surface area contributed by atoms with Crippen molar-refractivity contribution >= 4 is 0 Å². The summed E-state index contributed by atoms with van der Waals surface area (Å²) in [4.78, 5) is 17.8. The molecule has 0 saturated carbocycles. The zero-order valence-electron chi connectivity index (χ0n) is 9.13. The molecule has 0 aliphatic rings. The quantitative estimate of drug-likeness (QED) is 0.869. The van der Waals surface area contributed by atoms with Crippen LogP contribution in [0, 0.1) is 11.6 Å². The van der Waals surface area contributed by atoms with Gasteiger partial charge in [0.05, 0.1) is 11.3 Å². The van der Waals surface area contributed by atoms with Crippen LogP contribution in [0.5, 0.6) is 0 Å². The van der Waals surface area contributed by atoms with E-state index >= 15 is 0 Å². The van der Waals surface area contributed by atoms with Gasteiger partial charge in [-0.3, -0.25) is 4.79 Å². The highest BCUT2D eigenvalue weighted by Gasteiger charge is 2.13. The molecule has 0 unspecified atom stereocenters. The van der Waals surface area contributed by atoms with Gasteiger partial charge in [-0.15, -0.1) is 0 Å². The number of hydrogen-bond donors (Lipinski definition) is 1. The second-order valence-corrected chi connectivity index (χ2v) is 3.53. The van der Waals surface area contributed by atoms with Gasteiger partial charge in [0, 0.05) is 12.5 Å². The Morgan fingerprint density at radius 3 is 2.53 bits per heavy atom. The minimum atomic E-state index is -0.731. The Balaban J connectivity index is 2.68. The minimum Gasteiger partial charge on any atom is -0.311 e. The number of nitrogens with zero attached hydrogens (tertiary/aromatic N) is 1. The number of aryl methyl sites for hydroxylation is 1. The lowest BCUT2D eigenvalue weighted by Crippen LogP contribution is -2.11. The largest absolute Gasteiger partial charge is 0.311 e. The molecule has 1 aromatic carbocycles. The Labute approximate surface area is 96.2 Å². The van der Waals surface area contributed by atoms with Crippen molar-refractivity contribution in [3.63, 3.8) is 0 Å². The lowest BCUT2D eigenvalue weighted by Gasteiger charge is -2.05. The van der Waals surface area contributed by atoms with E-state index in [4.69, 9.17) is 0 Å². The van der Waals surface area contributed by atoms with Crippen LogP contribution in [0.15, 0.2) is 29.1 Å². The Hall–Kier alpha value is -2.04. The molecule has 2 aromatic rings. The van der Waals surface area contributed by atoms with Gasteiger partial charge < -0.3 is 4.98 Å². The number of aromatic amines is 1. The lowest BCUT2D eigenvalue weighted by molar-refractivity contribution is 0.588. The summed E-state index contributed by atoms with van der Waals surface area (Å²) in [5.74, 6) is -1.06. The number of nitrogens with one attached hydrogen (secondary N) is 1. The van der Waals surface area contributed by atoms with E-state index in [0.29, 0.717) is 12.2 Å². The first-order chi connectivity index (χ1) is 8.11. The van der Waals surface area contributed by atoms with Gasteiger partial charge in [-0.2, -0.15) is 0 Å². The van der Waals surface area contributed by atoms with Gasteiger partial charge in [-0.05, 0) is 12.1 Å². The van der Waals surface area contributed by atoms with E-state index < -0.39 is 17.2 Å². The minimum absolute atomic E-state index is 0.0150. The van der Waals surface area contributed by atoms with E-state index in [1.54, 1.807) is 6.92 Å². The van der Waals surface area contributed by atoms with Crippen LogP contribution < -0.4 is 5.56 Å². The van der Waals surface area contributed by atoms with Crippen LogP contribution in [-0.2, 0) is 6.42 Å². The van der Waals surface area contributed by atoms with Crippen molar-refractivity contribution in [2.24, 2.45) is 0 Å². The molecule has 5 heteroatoms. The molecule has 0 amide bonds. The summed E-state index contributed by atoms with van der Waals surface area (Å²) in [6.45, 7) is 1.79. The van der Waals surface area contributed by atoms with Crippen molar-refractivity contribution in [3.05, 3.63) is 52.1 Å². The van der Waals surface area contributed by atoms with Gasteiger partial charge in [-0.25, -0.2) is 13.8 Å². The van der Waals surface area contributed by atoms with Crippen LogP contribution in [0.4, 0.5) is 8.78 Å². The second-order valence-electron chi connectivity index (χ2n) is 3.53. The molecule has 0 fully saturated rings. The van der Waals surface area contributed by atoms with Gasteiger partial charge in [0.25, 0.3) is 5.56 Å². The van der Waals surface area contributed by atoms with Gasteiger partial charge in [0.15, 0.2) is 0 Å². The fourth-order valence-corrected chi connectivity index (χ4v) is 1.55. The predicted octanol–water partition coefficient (Wildman–Crippen LogP) is 2.28. The fraction of sp³-hybridized carbons (Fsp3) is 0.167. The smallest absolute Gasteiger partial charge is 0.251 e. The molecule has 17 heavy (non-hydrogen) atoms. The Morgan fingerprint density at radius 2 is 1.94 bits per heavy atom. The maximum absolute atomic E-state index is 13.5. The van der Waals surface area contributed by atoms with Crippen LogP contribution >= 0.6 is 0 Å². The van der Waals surface area contributed by atoms with Crippen LogP contribution in [0.1, 0.15) is 12.7 Å². The number of H-pyrrole nitrogens is 1. The van der Waals surface area contributed by atoms with Gasteiger partial charge >= 0.3 is 0 Å². The van der Waals surface area contributed by atoms with Gasteiger partial charge in [0.2, 0.25) is 0 Å². The van der Waals surface area contributed by atoms with Crippen molar-refractivity contribution in [2.45, 2.75) is 13.3 Å². The number of benzene rings is 1. The maximum atomic E-state index is 13.5. The first kappa shape index (κ1) is 11.4. The van der Waals surface area contributed by atoms with Crippen molar-refractivity contribution in [2.75, 3.05) is 0 Å². The summed E-state index contributed by atoms with van der Waals surface area (Å²) in [6.07, 6.45) is 0.485. The molecule has 88 valence electrons. The molecule has 0 radical (unpaired) electrons. The molecule has 0 atom stereocenters. The summed E-state index contributed by atoms with van der Waals surface area (Å²) in [6, 6.07) is 4.61. The molecular formula is C12H10F2N2O. The predicted molar refractivity (Wildman–Crippen MR) is 59.6 cm³/mol. The van der Waals surface area contributed by atoms with Crippen LogP contribution in [0.2, 0.25) is 0 Å².